The van der Waals surface area contributed by atoms with E-state index in [1.54, 1.807) is 0 Å². The highest BCUT2D eigenvalue weighted by Crippen LogP contribution is 2.59. The van der Waals surface area contributed by atoms with Gasteiger partial charge in [-0.2, -0.15) is 0 Å². The zero-order valence-electron chi connectivity index (χ0n) is 28.4. The van der Waals surface area contributed by atoms with E-state index in [-0.39, 0.29) is 62.7 Å². The van der Waals surface area contributed by atoms with Gasteiger partial charge in [-0.25, -0.2) is 4.39 Å². The van der Waals surface area contributed by atoms with E-state index in [1.165, 1.54) is 6.92 Å². The number of allylic oxidation sites excluding steroid dienone is 1. The van der Waals surface area contributed by atoms with Crippen LogP contribution < -0.4 is 4.74 Å². The average Bonchev–Trinajstić information content (AvgIpc) is 3.43. The summed E-state index contributed by atoms with van der Waals surface area (Å²) in [6.45, 7) is 11.7. The number of rotatable bonds is 7. The topological polar surface area (TPSA) is 119 Å². The van der Waals surface area contributed by atoms with Crippen molar-refractivity contribution in [2.24, 2.45) is 11.8 Å². The quantitative estimate of drug-likeness (QED) is 0.192. The van der Waals surface area contributed by atoms with Gasteiger partial charge in [-0.1, -0.05) is 51.1 Å². The fourth-order valence-electron chi connectivity index (χ4n) is 7.38. The number of aldehydes is 1. The van der Waals surface area contributed by atoms with Gasteiger partial charge in [0.05, 0.1) is 16.1 Å². The molecule has 3 aliphatic carbocycles. The van der Waals surface area contributed by atoms with Crippen LogP contribution in [-0.4, -0.2) is 61.0 Å². The number of fused-ring (bicyclic) bond motifs is 4. The van der Waals surface area contributed by atoms with E-state index in [0.29, 0.717) is 17.6 Å². The summed E-state index contributed by atoms with van der Waals surface area (Å²) >= 11 is 3.31. The Morgan fingerprint density at radius 2 is 1.85 bits per heavy atom. The first kappa shape index (κ1) is 34.4. The number of halogens is 2. The lowest BCUT2D eigenvalue weighted by molar-refractivity contribution is -0.0480. The van der Waals surface area contributed by atoms with Crippen LogP contribution in [0.1, 0.15) is 86.8 Å². The smallest absolute Gasteiger partial charge is 0.265 e. The van der Waals surface area contributed by atoms with E-state index in [4.69, 9.17) is 13.7 Å². The molecule has 0 fully saturated rings. The summed E-state index contributed by atoms with van der Waals surface area (Å²) in [5.41, 5.74) is -0.467. The molecule has 48 heavy (non-hydrogen) atoms. The maximum atomic E-state index is 15.3. The normalized spacial score (nSPS) is 23.9. The van der Waals surface area contributed by atoms with Gasteiger partial charge in [0.1, 0.15) is 23.7 Å². The van der Waals surface area contributed by atoms with Crippen molar-refractivity contribution in [3.63, 3.8) is 0 Å². The molecule has 6 rings (SSSR count). The number of aromatic nitrogens is 1. The number of aliphatic hydroxyl groups excluding tert-OH is 1. The van der Waals surface area contributed by atoms with E-state index in [1.807, 2.05) is 83.2 Å². The van der Waals surface area contributed by atoms with Gasteiger partial charge in [0, 0.05) is 17.1 Å². The third kappa shape index (κ3) is 4.97. The number of hydrogen-bond acceptors (Lipinski definition) is 9. The molecular weight excluding hydrogens is 699 g/mol. The van der Waals surface area contributed by atoms with Gasteiger partial charge < -0.3 is 18.8 Å². The highest BCUT2D eigenvalue weighted by Gasteiger charge is 2.67. The first-order valence-electron chi connectivity index (χ1n) is 16.0. The molecule has 1 heterocycles. The molecule has 0 aliphatic heterocycles. The number of ether oxygens (including phenoxy) is 1. The van der Waals surface area contributed by atoms with Crippen molar-refractivity contribution >= 4 is 42.1 Å². The van der Waals surface area contributed by atoms with E-state index < -0.39 is 54.9 Å². The zero-order valence-corrected chi connectivity index (χ0v) is 31.0. The Labute approximate surface area is 288 Å². The maximum Gasteiger partial charge on any atom is 0.265 e. The molecule has 0 spiro atoms. The molecule has 0 saturated heterocycles. The van der Waals surface area contributed by atoms with Crippen LogP contribution in [0.5, 0.6) is 5.88 Å². The standard InChI is InChI=1S/C36H40BrFN2O7Si/c1-18-22(16-41)28(38)27(37)21-14-20-15-23-29(40(5)6)31-26(34(39-46-31)45-17-19-12-10-9-11-13-19)33(44)36(23,47-48(7,8)35(2,3)4)32(43)25(20)30(42)24(18)21/h9-13,16,20,23,29,43H,14-15,17H2,1-8H3/t20-,23-,29-,36-/m0/s1. The fraction of sp³-hybridized carbons (Fsp3) is 0.444. The molecule has 12 heteroatoms. The summed E-state index contributed by atoms with van der Waals surface area (Å²) in [7, 11) is 0.819. The van der Waals surface area contributed by atoms with Crippen LogP contribution in [0.3, 0.4) is 0 Å². The summed E-state index contributed by atoms with van der Waals surface area (Å²) in [5.74, 6) is -3.32. The van der Waals surface area contributed by atoms with Crippen LogP contribution >= 0.6 is 15.9 Å². The maximum absolute atomic E-state index is 15.3. The number of benzene rings is 2. The molecular formula is C36H40BrFN2O7Si. The van der Waals surface area contributed by atoms with Crippen LogP contribution in [0, 0.1) is 24.6 Å². The summed E-state index contributed by atoms with van der Waals surface area (Å²) in [5, 5.41) is 16.4. The number of carbonyl (C=O) groups excluding carboxylic acids is 3. The van der Waals surface area contributed by atoms with Gasteiger partial charge in [-0.05, 0) is 95.7 Å². The number of hydrogen-bond donors (Lipinski definition) is 1. The summed E-state index contributed by atoms with van der Waals surface area (Å²) in [6, 6.07) is 8.83. The lowest BCUT2D eigenvalue weighted by Crippen LogP contribution is -2.65. The molecule has 0 radical (unpaired) electrons. The number of nitrogens with zero attached hydrogens (tertiary/aromatic N) is 2. The molecule has 254 valence electrons. The molecule has 0 unspecified atom stereocenters. The van der Waals surface area contributed by atoms with Gasteiger partial charge in [-0.3, -0.25) is 19.3 Å². The van der Waals surface area contributed by atoms with Crippen molar-refractivity contribution in [3.8, 4) is 5.88 Å². The van der Waals surface area contributed by atoms with Crippen molar-refractivity contribution < 1.29 is 37.6 Å². The second kappa shape index (κ2) is 11.9. The van der Waals surface area contributed by atoms with Gasteiger partial charge in [0.25, 0.3) is 5.88 Å². The Hall–Kier alpha value is -3.45. The lowest BCUT2D eigenvalue weighted by Gasteiger charge is -2.55. The predicted molar refractivity (Wildman–Crippen MR) is 183 cm³/mol. The lowest BCUT2D eigenvalue weighted by atomic mass is 9.58. The van der Waals surface area contributed by atoms with Crippen LogP contribution in [-0.2, 0) is 17.5 Å². The minimum Gasteiger partial charge on any atom is -0.508 e. The van der Waals surface area contributed by atoms with Crippen molar-refractivity contribution in [2.75, 3.05) is 14.1 Å². The Bertz CT molecular complexity index is 1880. The highest BCUT2D eigenvalue weighted by atomic mass is 79.9. The first-order chi connectivity index (χ1) is 22.5. The number of Topliss-reactive ketones (excluding diaryl/α,β-unsaturated/α-hetero) is 2. The number of aliphatic hydroxyl groups is 1. The van der Waals surface area contributed by atoms with E-state index in [9.17, 15) is 14.7 Å². The Balaban J connectivity index is 1.60. The van der Waals surface area contributed by atoms with Gasteiger partial charge in [-0.15, -0.1) is 0 Å². The minimum atomic E-state index is -2.88. The fourth-order valence-corrected chi connectivity index (χ4v) is 9.41. The Morgan fingerprint density at radius 3 is 2.46 bits per heavy atom. The van der Waals surface area contributed by atoms with E-state index in [2.05, 4.69) is 21.1 Å². The molecule has 4 atom stereocenters. The summed E-state index contributed by atoms with van der Waals surface area (Å²) < 4.78 is 34.5. The largest absolute Gasteiger partial charge is 0.508 e. The third-order valence-corrected chi connectivity index (χ3v) is 16.1. The van der Waals surface area contributed by atoms with Crippen LogP contribution in [0.2, 0.25) is 18.1 Å². The molecule has 3 aromatic rings. The summed E-state index contributed by atoms with van der Waals surface area (Å²) in [4.78, 5) is 43.6. The second-order valence-corrected chi connectivity index (χ2v) is 20.3. The molecule has 2 aromatic carbocycles. The van der Waals surface area contributed by atoms with Crippen molar-refractivity contribution in [2.45, 2.75) is 76.9 Å². The van der Waals surface area contributed by atoms with Crippen molar-refractivity contribution in [1.82, 2.24) is 10.1 Å². The third-order valence-electron chi connectivity index (χ3n) is 10.8. The van der Waals surface area contributed by atoms with Crippen LogP contribution in [0.15, 0.2) is 50.7 Å². The number of carbonyl (C=O) groups is 3. The Kier molecular flexibility index (Phi) is 8.50. The average molecular weight is 740 g/mol. The molecule has 3 aliphatic rings. The van der Waals surface area contributed by atoms with Gasteiger partial charge in [0.2, 0.25) is 5.78 Å². The SMILES string of the molecule is Cc1c(C=O)c(F)c(Br)c2c1C(=O)C1=C(O)[C@]3(O[Si](C)(C)C(C)(C)C)C(=O)c4c(OCc5ccccc5)noc4[C@@H](N(C)C)[C@@H]3C[C@@H]1C2. The van der Waals surface area contributed by atoms with Crippen LogP contribution in [0.25, 0.3) is 0 Å². The summed E-state index contributed by atoms with van der Waals surface area (Å²) in [6.07, 6.45) is 0.837. The second-order valence-electron chi connectivity index (χ2n) is 14.8. The number of ketones is 2. The van der Waals surface area contributed by atoms with Gasteiger partial charge >= 0.3 is 0 Å². The molecule has 1 aromatic heterocycles. The predicted octanol–water partition coefficient (Wildman–Crippen LogP) is 7.72. The van der Waals surface area contributed by atoms with E-state index >= 15 is 9.18 Å². The zero-order chi connectivity index (χ0) is 35.1. The van der Waals surface area contributed by atoms with Crippen molar-refractivity contribution in [3.05, 3.63) is 91.1 Å². The minimum absolute atomic E-state index is 0.0199. The molecule has 9 nitrogen and oxygen atoms in total. The van der Waals surface area contributed by atoms with E-state index in [0.717, 1.165) is 5.56 Å². The molecule has 0 bridgehead atoms. The molecule has 0 amide bonds. The Morgan fingerprint density at radius 1 is 1.19 bits per heavy atom. The monoisotopic (exact) mass is 738 g/mol. The first-order valence-corrected chi connectivity index (χ1v) is 19.7. The van der Waals surface area contributed by atoms with Crippen LogP contribution in [0.4, 0.5) is 4.39 Å². The molecule has 1 N–H and O–H groups in total. The molecule has 0 saturated carbocycles. The van der Waals surface area contributed by atoms with Crippen molar-refractivity contribution in [1.29, 1.82) is 0 Å². The highest BCUT2D eigenvalue weighted by molar-refractivity contribution is 9.10. The van der Waals surface area contributed by atoms with Gasteiger partial charge in [0.15, 0.2) is 31.7 Å².